The molecule has 1 aliphatic rings. The predicted molar refractivity (Wildman–Crippen MR) is 69.4 cm³/mol. The topological polar surface area (TPSA) is 38.1 Å². The third-order valence-corrected chi connectivity index (χ3v) is 3.48. The molecule has 0 N–H and O–H groups in total. The van der Waals surface area contributed by atoms with Crippen molar-refractivity contribution >= 4 is 11.6 Å². The van der Waals surface area contributed by atoms with Crippen molar-refractivity contribution in [3.05, 3.63) is 48.5 Å². The van der Waals surface area contributed by atoms with Crippen LogP contribution in [0.1, 0.15) is 18.5 Å². The number of para-hydroxylation sites is 1. The number of carbonyl (C=O) groups is 1. The number of carbonyl (C=O) groups excluding carboxylic acids is 1. The predicted octanol–water partition coefficient (Wildman–Crippen LogP) is 2.03. The fourth-order valence-corrected chi connectivity index (χ4v) is 2.42. The summed E-state index contributed by atoms with van der Waals surface area (Å²) in [7, 11) is 0. The first kappa shape index (κ1) is 11.0. The van der Waals surface area contributed by atoms with Crippen LogP contribution in [-0.4, -0.2) is 22.0 Å². The molecule has 4 nitrogen and oxygen atoms in total. The average molecular weight is 241 g/mol. The van der Waals surface area contributed by atoms with Gasteiger partial charge in [-0.25, -0.2) is 4.98 Å². The molecule has 2 heterocycles. The summed E-state index contributed by atoms with van der Waals surface area (Å²) in [6, 6.07) is 7.89. The second kappa shape index (κ2) is 4.29. The van der Waals surface area contributed by atoms with Crippen molar-refractivity contribution in [2.75, 3.05) is 11.4 Å². The lowest BCUT2D eigenvalue weighted by molar-refractivity contribution is -0.121. The molecule has 18 heavy (non-hydrogen) atoms. The lowest BCUT2D eigenvalue weighted by atomic mass is 10.2. The van der Waals surface area contributed by atoms with Gasteiger partial charge in [-0.2, -0.15) is 0 Å². The Morgan fingerprint density at radius 3 is 3.00 bits per heavy atom. The first-order valence-corrected chi connectivity index (χ1v) is 6.14. The van der Waals surface area contributed by atoms with E-state index in [9.17, 15) is 4.79 Å². The van der Waals surface area contributed by atoms with E-state index in [1.165, 1.54) is 5.56 Å². The van der Waals surface area contributed by atoms with E-state index in [4.69, 9.17) is 0 Å². The van der Waals surface area contributed by atoms with Crippen molar-refractivity contribution in [1.82, 2.24) is 9.55 Å². The Kier molecular flexibility index (Phi) is 2.63. The van der Waals surface area contributed by atoms with Gasteiger partial charge < -0.3 is 9.47 Å². The Balaban J connectivity index is 1.87. The summed E-state index contributed by atoms with van der Waals surface area (Å²) in [4.78, 5) is 18.3. The Morgan fingerprint density at radius 1 is 1.39 bits per heavy atom. The van der Waals surface area contributed by atoms with Gasteiger partial charge in [0.25, 0.3) is 0 Å². The van der Waals surface area contributed by atoms with E-state index in [2.05, 4.69) is 11.1 Å². The second-order valence-electron chi connectivity index (χ2n) is 4.55. The van der Waals surface area contributed by atoms with Gasteiger partial charge >= 0.3 is 0 Å². The van der Waals surface area contributed by atoms with Crippen molar-refractivity contribution < 1.29 is 4.79 Å². The largest absolute Gasteiger partial charge is 0.325 e. The molecule has 0 aliphatic carbocycles. The first-order chi connectivity index (χ1) is 8.77. The number of imidazole rings is 1. The molecule has 1 atom stereocenters. The van der Waals surface area contributed by atoms with E-state index < -0.39 is 0 Å². The number of nitrogens with zero attached hydrogens (tertiary/aromatic N) is 3. The monoisotopic (exact) mass is 241 g/mol. The molecule has 4 heteroatoms. The standard InChI is InChI=1S/C14H15N3O/c1-11(16-9-7-15-10-16)14(18)17-8-6-12-4-2-3-5-13(12)17/h2-5,7,9-11H,6,8H2,1H3. The van der Waals surface area contributed by atoms with Crippen molar-refractivity contribution in [3.8, 4) is 0 Å². The average Bonchev–Trinajstić information content (AvgIpc) is 3.06. The molecule has 1 aliphatic heterocycles. The van der Waals surface area contributed by atoms with Gasteiger partial charge in [-0.15, -0.1) is 0 Å². The minimum absolute atomic E-state index is 0.123. The summed E-state index contributed by atoms with van der Waals surface area (Å²) in [6.07, 6.45) is 6.15. The van der Waals surface area contributed by atoms with Crippen LogP contribution in [-0.2, 0) is 11.2 Å². The maximum Gasteiger partial charge on any atom is 0.249 e. The molecule has 1 aromatic heterocycles. The number of aromatic nitrogens is 2. The molecule has 0 saturated carbocycles. The number of hydrogen-bond donors (Lipinski definition) is 0. The summed E-state index contributed by atoms with van der Waals surface area (Å²) >= 11 is 0. The number of hydrogen-bond acceptors (Lipinski definition) is 2. The van der Waals surface area contributed by atoms with Crippen molar-refractivity contribution in [2.45, 2.75) is 19.4 Å². The molecule has 0 bridgehead atoms. The molecule has 0 saturated heterocycles. The van der Waals surface area contributed by atoms with Crippen LogP contribution in [0.2, 0.25) is 0 Å². The molecular weight excluding hydrogens is 226 g/mol. The van der Waals surface area contributed by atoms with Gasteiger partial charge in [-0.05, 0) is 25.0 Å². The Labute approximate surface area is 106 Å². The summed E-state index contributed by atoms with van der Waals surface area (Å²) in [6.45, 7) is 2.68. The van der Waals surface area contributed by atoms with E-state index >= 15 is 0 Å². The maximum atomic E-state index is 12.5. The molecule has 0 radical (unpaired) electrons. The van der Waals surface area contributed by atoms with Crippen molar-refractivity contribution in [3.63, 3.8) is 0 Å². The highest BCUT2D eigenvalue weighted by molar-refractivity contribution is 5.97. The minimum Gasteiger partial charge on any atom is -0.325 e. The van der Waals surface area contributed by atoms with Crippen molar-refractivity contribution in [1.29, 1.82) is 0 Å². The highest BCUT2D eigenvalue weighted by Gasteiger charge is 2.28. The molecule has 92 valence electrons. The minimum atomic E-state index is -0.210. The number of rotatable bonds is 2. The van der Waals surface area contributed by atoms with Gasteiger partial charge in [0.1, 0.15) is 6.04 Å². The molecule has 2 aromatic rings. The first-order valence-electron chi connectivity index (χ1n) is 6.14. The lowest BCUT2D eigenvalue weighted by Crippen LogP contribution is -2.34. The van der Waals surface area contributed by atoms with Crippen LogP contribution in [0.4, 0.5) is 5.69 Å². The van der Waals surface area contributed by atoms with Gasteiger partial charge in [0.15, 0.2) is 0 Å². The third kappa shape index (κ3) is 1.70. The summed E-state index contributed by atoms with van der Waals surface area (Å²) < 4.78 is 1.84. The van der Waals surface area contributed by atoms with Crippen LogP contribution in [0.5, 0.6) is 0 Å². The van der Waals surface area contributed by atoms with E-state index in [-0.39, 0.29) is 11.9 Å². The molecular formula is C14H15N3O. The SMILES string of the molecule is CC(C(=O)N1CCc2ccccc21)n1ccnc1. The van der Waals surface area contributed by atoms with Gasteiger partial charge in [0.05, 0.1) is 6.33 Å². The highest BCUT2D eigenvalue weighted by Crippen LogP contribution is 2.29. The van der Waals surface area contributed by atoms with E-state index in [0.29, 0.717) is 0 Å². The Hall–Kier alpha value is -2.10. The van der Waals surface area contributed by atoms with Crippen LogP contribution >= 0.6 is 0 Å². The Bertz CT molecular complexity index is 562. The lowest BCUT2D eigenvalue weighted by Gasteiger charge is -2.22. The number of anilines is 1. The fourth-order valence-electron chi connectivity index (χ4n) is 2.42. The van der Waals surface area contributed by atoms with Gasteiger partial charge in [0, 0.05) is 24.6 Å². The zero-order valence-electron chi connectivity index (χ0n) is 10.3. The van der Waals surface area contributed by atoms with E-state index in [1.54, 1.807) is 12.5 Å². The van der Waals surface area contributed by atoms with Gasteiger partial charge in [-0.3, -0.25) is 4.79 Å². The van der Waals surface area contributed by atoms with Crippen LogP contribution in [0, 0.1) is 0 Å². The zero-order chi connectivity index (χ0) is 12.5. The van der Waals surface area contributed by atoms with Crippen LogP contribution in [0.15, 0.2) is 43.0 Å². The van der Waals surface area contributed by atoms with E-state index in [1.807, 2.05) is 40.8 Å². The van der Waals surface area contributed by atoms with Crippen LogP contribution < -0.4 is 4.90 Å². The third-order valence-electron chi connectivity index (χ3n) is 3.48. The summed E-state index contributed by atoms with van der Waals surface area (Å²) in [5, 5.41) is 0. The summed E-state index contributed by atoms with van der Waals surface area (Å²) in [5.74, 6) is 0.123. The molecule has 0 fully saturated rings. The van der Waals surface area contributed by atoms with E-state index in [0.717, 1.165) is 18.7 Å². The number of benzene rings is 1. The second-order valence-corrected chi connectivity index (χ2v) is 4.55. The molecule has 1 amide bonds. The Morgan fingerprint density at radius 2 is 2.22 bits per heavy atom. The van der Waals surface area contributed by atoms with Gasteiger partial charge in [0.2, 0.25) is 5.91 Å². The van der Waals surface area contributed by atoms with Crippen LogP contribution in [0.3, 0.4) is 0 Å². The van der Waals surface area contributed by atoms with Crippen molar-refractivity contribution in [2.24, 2.45) is 0 Å². The maximum absolute atomic E-state index is 12.5. The molecule has 0 spiro atoms. The van der Waals surface area contributed by atoms with Crippen LogP contribution in [0.25, 0.3) is 0 Å². The number of amides is 1. The highest BCUT2D eigenvalue weighted by atomic mass is 16.2. The smallest absolute Gasteiger partial charge is 0.249 e. The summed E-state index contributed by atoms with van der Waals surface area (Å²) in [5.41, 5.74) is 2.30. The fraction of sp³-hybridized carbons (Fsp3) is 0.286. The molecule has 3 rings (SSSR count). The molecule has 1 unspecified atom stereocenters. The zero-order valence-corrected chi connectivity index (χ0v) is 10.3. The quantitative estimate of drug-likeness (QED) is 0.807. The normalized spacial score (nSPS) is 15.5. The molecule has 1 aromatic carbocycles. The number of fused-ring (bicyclic) bond motifs is 1. The van der Waals surface area contributed by atoms with Gasteiger partial charge in [-0.1, -0.05) is 18.2 Å².